The summed E-state index contributed by atoms with van der Waals surface area (Å²) in [7, 11) is 0. The van der Waals surface area contributed by atoms with Gasteiger partial charge in [0.25, 0.3) is 5.91 Å². The van der Waals surface area contributed by atoms with E-state index < -0.39 is 23.2 Å². The molecule has 0 saturated heterocycles. The number of hydrogen-bond donors (Lipinski definition) is 1. The molecule has 0 aliphatic carbocycles. The number of hydrogen-bond acceptors (Lipinski definition) is 2. The maximum atomic E-state index is 13.8. The highest BCUT2D eigenvalue weighted by Crippen LogP contribution is 2.28. The summed E-state index contributed by atoms with van der Waals surface area (Å²) in [6.07, 6.45) is 3.56. The van der Waals surface area contributed by atoms with Crippen LogP contribution < -0.4 is 5.32 Å². The van der Waals surface area contributed by atoms with Gasteiger partial charge in [-0.15, -0.1) is 0 Å². The molecule has 2 heterocycles. The number of carbonyl (C=O) groups excluding carboxylic acids is 1. The normalized spacial score (nSPS) is 11.0. The van der Waals surface area contributed by atoms with Gasteiger partial charge in [-0.1, -0.05) is 23.7 Å². The number of carbonyl (C=O) groups is 1. The molecule has 1 amide bonds. The largest absolute Gasteiger partial charge is 0.317 e. The summed E-state index contributed by atoms with van der Waals surface area (Å²) in [6, 6.07) is 11.9. The molecule has 0 spiro atoms. The molecule has 1 N–H and O–H groups in total. The molecule has 140 valence electrons. The van der Waals surface area contributed by atoms with Gasteiger partial charge in [-0.2, -0.15) is 0 Å². The highest BCUT2D eigenvalue weighted by Gasteiger charge is 2.17. The number of halogens is 4. The van der Waals surface area contributed by atoms with E-state index in [1.165, 1.54) is 12.1 Å². The molecule has 2 aromatic carbocycles. The zero-order chi connectivity index (χ0) is 19.8. The second kappa shape index (κ2) is 7.33. The minimum absolute atomic E-state index is 0.100. The molecule has 0 atom stereocenters. The molecule has 0 fully saturated rings. The van der Waals surface area contributed by atoms with Gasteiger partial charge >= 0.3 is 0 Å². The van der Waals surface area contributed by atoms with Crippen molar-refractivity contribution in [2.24, 2.45) is 0 Å². The third-order valence-electron chi connectivity index (χ3n) is 4.18. The van der Waals surface area contributed by atoms with Crippen LogP contribution in [0, 0.1) is 11.6 Å². The SMILES string of the molecule is O=C(Nc1c(F)cccc1F)c1ccc(-c2cnc3ccc(Br)cn23)cc1Cl. The number of anilines is 1. The van der Waals surface area contributed by atoms with Crippen LogP contribution in [0.2, 0.25) is 5.02 Å². The Hall–Kier alpha value is -2.77. The van der Waals surface area contributed by atoms with Gasteiger partial charge in [-0.05, 0) is 52.3 Å². The van der Waals surface area contributed by atoms with Crippen molar-refractivity contribution >= 4 is 44.8 Å². The molecule has 4 nitrogen and oxygen atoms in total. The molecule has 4 rings (SSSR count). The molecule has 28 heavy (non-hydrogen) atoms. The number of pyridine rings is 1. The third-order valence-corrected chi connectivity index (χ3v) is 4.96. The number of nitrogens with one attached hydrogen (secondary N) is 1. The van der Waals surface area contributed by atoms with Crippen LogP contribution in [0.25, 0.3) is 16.9 Å². The molecular formula is C20H11BrClF2N3O. The van der Waals surface area contributed by atoms with Gasteiger partial charge in [0, 0.05) is 16.2 Å². The Morgan fingerprint density at radius 3 is 2.57 bits per heavy atom. The highest BCUT2D eigenvalue weighted by molar-refractivity contribution is 9.10. The van der Waals surface area contributed by atoms with Crippen molar-refractivity contribution in [2.45, 2.75) is 0 Å². The lowest BCUT2D eigenvalue weighted by Gasteiger charge is -2.10. The summed E-state index contributed by atoms with van der Waals surface area (Å²) in [5.41, 5.74) is 1.86. The Bertz CT molecular complexity index is 1210. The van der Waals surface area contributed by atoms with E-state index in [4.69, 9.17) is 11.6 Å². The summed E-state index contributed by atoms with van der Waals surface area (Å²) in [6.45, 7) is 0. The van der Waals surface area contributed by atoms with E-state index in [1.807, 2.05) is 22.7 Å². The van der Waals surface area contributed by atoms with Crippen molar-refractivity contribution in [3.8, 4) is 11.3 Å². The fourth-order valence-electron chi connectivity index (χ4n) is 2.82. The zero-order valence-corrected chi connectivity index (χ0v) is 16.4. The summed E-state index contributed by atoms with van der Waals surface area (Å²) in [5.74, 6) is -2.43. The van der Waals surface area contributed by atoms with Crippen LogP contribution in [0.1, 0.15) is 10.4 Å². The lowest BCUT2D eigenvalue weighted by atomic mass is 10.1. The van der Waals surface area contributed by atoms with Gasteiger partial charge in [0.2, 0.25) is 0 Å². The average Bonchev–Trinajstić information content (AvgIpc) is 3.07. The van der Waals surface area contributed by atoms with E-state index in [9.17, 15) is 13.6 Å². The van der Waals surface area contributed by atoms with Crippen LogP contribution >= 0.6 is 27.5 Å². The maximum absolute atomic E-state index is 13.8. The van der Waals surface area contributed by atoms with Gasteiger partial charge in [0.05, 0.1) is 22.5 Å². The summed E-state index contributed by atoms with van der Waals surface area (Å²) < 4.78 is 30.3. The van der Waals surface area contributed by atoms with Gasteiger partial charge in [-0.25, -0.2) is 13.8 Å². The maximum Gasteiger partial charge on any atom is 0.257 e. The van der Waals surface area contributed by atoms with Gasteiger partial charge in [-0.3, -0.25) is 9.20 Å². The first-order chi connectivity index (χ1) is 13.4. The lowest BCUT2D eigenvalue weighted by molar-refractivity contribution is 0.102. The summed E-state index contributed by atoms with van der Waals surface area (Å²) in [5, 5.41) is 2.38. The lowest BCUT2D eigenvalue weighted by Crippen LogP contribution is -2.14. The molecule has 4 aromatic rings. The standard InChI is InChI=1S/C20H11BrClF2N3O/c21-12-5-7-18-25-9-17(27(18)10-12)11-4-6-13(14(22)8-11)20(28)26-19-15(23)2-1-3-16(19)24/h1-10H,(H,26,28). The Labute approximate surface area is 171 Å². The summed E-state index contributed by atoms with van der Waals surface area (Å²) in [4.78, 5) is 16.8. The number of fused-ring (bicyclic) bond motifs is 1. The van der Waals surface area contributed by atoms with Crippen LogP contribution in [0.3, 0.4) is 0 Å². The monoisotopic (exact) mass is 461 g/mol. The molecule has 0 saturated carbocycles. The van der Waals surface area contributed by atoms with E-state index in [0.29, 0.717) is 0 Å². The van der Waals surface area contributed by atoms with Gasteiger partial charge in [0.1, 0.15) is 23.0 Å². The van der Waals surface area contributed by atoms with E-state index in [0.717, 1.165) is 33.5 Å². The Balaban J connectivity index is 1.68. The Kier molecular flexibility index (Phi) is 4.87. The smallest absolute Gasteiger partial charge is 0.257 e. The number of para-hydroxylation sites is 1. The first-order valence-electron chi connectivity index (χ1n) is 8.12. The average molecular weight is 463 g/mol. The molecule has 2 aromatic heterocycles. The fraction of sp³-hybridized carbons (Fsp3) is 0. The van der Waals surface area contributed by atoms with Crippen molar-refractivity contribution in [3.05, 3.63) is 87.6 Å². The number of rotatable bonds is 3. The molecule has 0 unspecified atom stereocenters. The first-order valence-corrected chi connectivity index (χ1v) is 9.29. The van der Waals surface area contributed by atoms with Crippen LogP contribution in [-0.4, -0.2) is 15.3 Å². The number of aromatic nitrogens is 2. The van der Waals surface area contributed by atoms with Gasteiger partial charge in [0.15, 0.2) is 0 Å². The van der Waals surface area contributed by atoms with E-state index >= 15 is 0 Å². The van der Waals surface area contributed by atoms with Crippen LogP contribution in [-0.2, 0) is 0 Å². The molecule has 0 radical (unpaired) electrons. The van der Waals surface area contributed by atoms with Crippen molar-refractivity contribution in [1.82, 2.24) is 9.38 Å². The molecule has 0 bridgehead atoms. The molecule has 8 heteroatoms. The number of nitrogens with zero attached hydrogens (tertiary/aromatic N) is 2. The van der Waals surface area contributed by atoms with E-state index in [2.05, 4.69) is 26.2 Å². The van der Waals surface area contributed by atoms with Crippen LogP contribution in [0.5, 0.6) is 0 Å². The van der Waals surface area contributed by atoms with Crippen LogP contribution in [0.15, 0.2) is 65.4 Å². The fourth-order valence-corrected chi connectivity index (χ4v) is 3.43. The molecular weight excluding hydrogens is 452 g/mol. The second-order valence-corrected chi connectivity index (χ2v) is 7.29. The summed E-state index contributed by atoms with van der Waals surface area (Å²) >= 11 is 9.71. The first kappa shape index (κ1) is 18.6. The predicted molar refractivity (Wildman–Crippen MR) is 108 cm³/mol. The topological polar surface area (TPSA) is 46.4 Å². The second-order valence-electron chi connectivity index (χ2n) is 5.96. The van der Waals surface area contributed by atoms with E-state index in [-0.39, 0.29) is 10.6 Å². The number of imidazole rings is 1. The Morgan fingerprint density at radius 1 is 1.11 bits per heavy atom. The number of benzene rings is 2. The minimum atomic E-state index is -0.864. The van der Waals surface area contributed by atoms with Crippen molar-refractivity contribution in [1.29, 1.82) is 0 Å². The quantitative estimate of drug-likeness (QED) is 0.409. The third kappa shape index (κ3) is 3.39. The minimum Gasteiger partial charge on any atom is -0.317 e. The zero-order valence-electron chi connectivity index (χ0n) is 14.1. The van der Waals surface area contributed by atoms with Crippen molar-refractivity contribution in [2.75, 3.05) is 5.32 Å². The van der Waals surface area contributed by atoms with Crippen LogP contribution in [0.4, 0.5) is 14.5 Å². The van der Waals surface area contributed by atoms with E-state index in [1.54, 1.807) is 18.3 Å². The molecule has 0 aliphatic heterocycles. The van der Waals surface area contributed by atoms with Crippen molar-refractivity contribution < 1.29 is 13.6 Å². The van der Waals surface area contributed by atoms with Gasteiger partial charge < -0.3 is 5.32 Å². The highest BCUT2D eigenvalue weighted by atomic mass is 79.9. The molecule has 0 aliphatic rings. The Morgan fingerprint density at radius 2 is 1.86 bits per heavy atom. The predicted octanol–water partition coefficient (Wildman–Crippen LogP) is 5.95. The number of amides is 1. The van der Waals surface area contributed by atoms with Crippen molar-refractivity contribution in [3.63, 3.8) is 0 Å².